The summed E-state index contributed by atoms with van der Waals surface area (Å²) in [6, 6.07) is 9.27. The van der Waals surface area contributed by atoms with E-state index in [1.54, 1.807) is 18.2 Å². The molecule has 30 heavy (non-hydrogen) atoms. The number of halogens is 1. The summed E-state index contributed by atoms with van der Waals surface area (Å²) in [6.45, 7) is 0.309. The van der Waals surface area contributed by atoms with Crippen molar-refractivity contribution in [2.45, 2.75) is 43.5 Å². The first-order valence-corrected chi connectivity index (χ1v) is 12.0. The first-order chi connectivity index (χ1) is 14.4. The minimum atomic E-state index is -3.57. The van der Waals surface area contributed by atoms with Gasteiger partial charge in [-0.2, -0.15) is 0 Å². The Morgan fingerprint density at radius 2 is 1.83 bits per heavy atom. The Morgan fingerprint density at radius 3 is 2.53 bits per heavy atom. The molecule has 6 nitrogen and oxygen atoms in total. The molecular weight excluding hydrogens is 407 g/mol. The van der Waals surface area contributed by atoms with E-state index in [0.717, 1.165) is 25.7 Å². The van der Waals surface area contributed by atoms with Crippen molar-refractivity contribution in [3.8, 4) is 5.88 Å². The van der Waals surface area contributed by atoms with Crippen molar-refractivity contribution in [3.05, 3.63) is 59.5 Å². The van der Waals surface area contributed by atoms with E-state index < -0.39 is 20.9 Å². The molecule has 0 spiro atoms. The predicted molar refractivity (Wildman–Crippen MR) is 111 cm³/mol. The molecule has 4 rings (SSSR count). The van der Waals surface area contributed by atoms with Crippen LogP contribution in [0.25, 0.3) is 0 Å². The summed E-state index contributed by atoms with van der Waals surface area (Å²) in [7, 11) is -3.57. The normalized spacial score (nSPS) is 21.9. The second kappa shape index (κ2) is 8.71. The van der Waals surface area contributed by atoms with Crippen LogP contribution < -0.4 is 4.74 Å². The summed E-state index contributed by atoms with van der Waals surface area (Å²) >= 11 is 0. The number of rotatable bonds is 4. The molecule has 2 fully saturated rings. The molecule has 2 aliphatic rings. The molecule has 0 unspecified atom stereocenters. The third kappa shape index (κ3) is 4.48. The minimum absolute atomic E-state index is 0.0758. The predicted octanol–water partition coefficient (Wildman–Crippen LogP) is 3.54. The summed E-state index contributed by atoms with van der Waals surface area (Å²) in [5.41, 5.74) is 0.553. The van der Waals surface area contributed by atoms with Gasteiger partial charge in [0.25, 0.3) is 5.91 Å². The molecule has 1 aliphatic carbocycles. The van der Waals surface area contributed by atoms with Gasteiger partial charge in [0.2, 0.25) is 5.88 Å². The standard InChI is InChI=1S/C22H25FN2O4S/c23-19-8-4-3-7-18(19)20-11-12-25(13-14-30(20,27)28)22(26)16-9-10-21(24-15-16)29-17-5-1-2-6-17/h3-4,7-10,15,17,20H,1-2,5-6,11-14H2/t20-/m0/s1. The summed E-state index contributed by atoms with van der Waals surface area (Å²) < 4.78 is 45.5. The zero-order valence-corrected chi connectivity index (χ0v) is 17.5. The molecule has 0 N–H and O–H groups in total. The zero-order chi connectivity index (χ0) is 21.1. The van der Waals surface area contributed by atoms with Gasteiger partial charge in [0.1, 0.15) is 11.9 Å². The van der Waals surface area contributed by atoms with Gasteiger partial charge in [-0.05, 0) is 44.2 Å². The van der Waals surface area contributed by atoms with Gasteiger partial charge in [-0.1, -0.05) is 18.2 Å². The molecule has 0 bridgehead atoms. The maximum atomic E-state index is 14.2. The monoisotopic (exact) mass is 432 g/mol. The molecule has 1 amide bonds. The summed E-state index contributed by atoms with van der Waals surface area (Å²) in [5, 5.41) is -0.947. The molecular formula is C22H25FN2O4S. The lowest BCUT2D eigenvalue weighted by Crippen LogP contribution is -2.33. The molecule has 1 saturated heterocycles. The van der Waals surface area contributed by atoms with Crippen LogP contribution in [0.5, 0.6) is 5.88 Å². The number of benzene rings is 1. The molecule has 160 valence electrons. The fourth-order valence-electron chi connectivity index (χ4n) is 4.17. The van der Waals surface area contributed by atoms with Crippen LogP contribution in [0.1, 0.15) is 53.3 Å². The van der Waals surface area contributed by atoms with Gasteiger partial charge in [-0.3, -0.25) is 4.79 Å². The van der Waals surface area contributed by atoms with Crippen molar-refractivity contribution in [3.63, 3.8) is 0 Å². The van der Waals surface area contributed by atoms with E-state index in [2.05, 4.69) is 4.98 Å². The molecule has 1 aliphatic heterocycles. The number of aromatic nitrogens is 1. The lowest BCUT2D eigenvalue weighted by atomic mass is 10.1. The number of sulfone groups is 1. The van der Waals surface area contributed by atoms with Gasteiger partial charge < -0.3 is 9.64 Å². The molecule has 8 heteroatoms. The van der Waals surface area contributed by atoms with Crippen molar-refractivity contribution < 1.29 is 22.3 Å². The van der Waals surface area contributed by atoms with Crippen molar-refractivity contribution in [2.24, 2.45) is 0 Å². The van der Waals surface area contributed by atoms with Gasteiger partial charge in [-0.25, -0.2) is 17.8 Å². The van der Waals surface area contributed by atoms with E-state index >= 15 is 0 Å². The van der Waals surface area contributed by atoms with E-state index in [1.165, 1.54) is 29.3 Å². The number of hydrogen-bond acceptors (Lipinski definition) is 5. The molecule has 0 radical (unpaired) electrons. The average molecular weight is 433 g/mol. The highest BCUT2D eigenvalue weighted by molar-refractivity contribution is 7.91. The van der Waals surface area contributed by atoms with E-state index in [4.69, 9.17) is 4.74 Å². The molecule has 1 saturated carbocycles. The highest BCUT2D eigenvalue weighted by Gasteiger charge is 2.34. The minimum Gasteiger partial charge on any atom is -0.474 e. The summed E-state index contributed by atoms with van der Waals surface area (Å²) in [6.07, 6.45) is 6.18. The number of amides is 1. The average Bonchev–Trinajstić information content (AvgIpc) is 3.19. The third-order valence-electron chi connectivity index (χ3n) is 5.85. The first kappa shape index (κ1) is 20.8. The third-order valence-corrected chi connectivity index (χ3v) is 7.96. The Bertz CT molecular complexity index is 1000. The number of pyridine rings is 1. The molecule has 1 atom stereocenters. The number of carbonyl (C=O) groups is 1. The molecule has 1 aromatic carbocycles. The number of hydrogen-bond donors (Lipinski definition) is 0. The lowest BCUT2D eigenvalue weighted by molar-refractivity contribution is 0.0766. The largest absolute Gasteiger partial charge is 0.474 e. The number of ether oxygens (including phenoxy) is 1. The topological polar surface area (TPSA) is 76.6 Å². The van der Waals surface area contributed by atoms with E-state index in [9.17, 15) is 17.6 Å². The molecule has 2 aromatic rings. The Hall–Kier alpha value is -2.48. The van der Waals surface area contributed by atoms with Crippen LogP contribution in [-0.4, -0.2) is 49.2 Å². The number of carbonyl (C=O) groups excluding carboxylic acids is 1. The van der Waals surface area contributed by atoms with Crippen LogP contribution in [0.3, 0.4) is 0 Å². The van der Waals surface area contributed by atoms with E-state index in [1.807, 2.05) is 0 Å². The molecule has 2 heterocycles. The SMILES string of the molecule is O=C(c1ccc(OC2CCCC2)nc1)N1CC[C@@H](c2ccccc2F)S(=O)(=O)CC1. The smallest absolute Gasteiger partial charge is 0.255 e. The summed E-state index contributed by atoms with van der Waals surface area (Å²) in [4.78, 5) is 18.7. The van der Waals surface area contributed by atoms with Crippen LogP contribution in [0, 0.1) is 5.82 Å². The van der Waals surface area contributed by atoms with Crippen molar-refractivity contribution in [2.75, 3.05) is 18.8 Å². The lowest BCUT2D eigenvalue weighted by Gasteiger charge is -2.20. The van der Waals surface area contributed by atoms with Gasteiger partial charge >= 0.3 is 0 Å². The second-order valence-corrected chi connectivity index (χ2v) is 10.2. The van der Waals surface area contributed by atoms with Crippen LogP contribution in [0.15, 0.2) is 42.6 Å². The highest BCUT2D eigenvalue weighted by Crippen LogP contribution is 2.31. The fraction of sp³-hybridized carbons (Fsp3) is 0.455. The first-order valence-electron chi connectivity index (χ1n) is 10.3. The quantitative estimate of drug-likeness (QED) is 0.739. The van der Waals surface area contributed by atoms with E-state index in [0.29, 0.717) is 11.4 Å². The highest BCUT2D eigenvalue weighted by atomic mass is 32.2. The maximum absolute atomic E-state index is 14.2. The number of nitrogens with zero attached hydrogens (tertiary/aromatic N) is 2. The van der Waals surface area contributed by atoms with Crippen molar-refractivity contribution in [1.29, 1.82) is 0 Å². The van der Waals surface area contributed by atoms with Crippen molar-refractivity contribution >= 4 is 15.7 Å². The summed E-state index contributed by atoms with van der Waals surface area (Å²) in [5.74, 6) is -0.516. The van der Waals surface area contributed by atoms with Gasteiger partial charge in [0.05, 0.1) is 16.6 Å². The van der Waals surface area contributed by atoms with Crippen molar-refractivity contribution in [1.82, 2.24) is 9.88 Å². The Kier molecular flexibility index (Phi) is 6.04. The van der Waals surface area contributed by atoms with E-state index in [-0.39, 0.29) is 42.8 Å². The van der Waals surface area contributed by atoms with Gasteiger partial charge in [-0.15, -0.1) is 0 Å². The van der Waals surface area contributed by atoms with Crippen LogP contribution in [0.4, 0.5) is 4.39 Å². The Morgan fingerprint density at radius 1 is 1.07 bits per heavy atom. The van der Waals surface area contributed by atoms with Crippen LogP contribution >= 0.6 is 0 Å². The Balaban J connectivity index is 1.45. The molecule has 1 aromatic heterocycles. The van der Waals surface area contributed by atoms with Crippen LogP contribution in [-0.2, 0) is 9.84 Å². The maximum Gasteiger partial charge on any atom is 0.255 e. The zero-order valence-electron chi connectivity index (χ0n) is 16.7. The van der Waals surface area contributed by atoms with Gasteiger partial charge in [0.15, 0.2) is 9.84 Å². The Labute approximate surface area is 176 Å². The fourth-order valence-corrected chi connectivity index (χ4v) is 5.97. The second-order valence-electron chi connectivity index (χ2n) is 7.87. The van der Waals surface area contributed by atoms with Gasteiger partial charge in [0, 0.05) is 30.9 Å². The van der Waals surface area contributed by atoms with Crippen LogP contribution in [0.2, 0.25) is 0 Å².